The van der Waals surface area contributed by atoms with Gasteiger partial charge in [0.25, 0.3) is 0 Å². The van der Waals surface area contributed by atoms with Crippen LogP contribution in [0.15, 0.2) is 0 Å². The quantitative estimate of drug-likeness (QED) is 0.710. The van der Waals surface area contributed by atoms with Crippen molar-refractivity contribution in [2.45, 2.75) is 57.4 Å². The van der Waals surface area contributed by atoms with Crippen molar-refractivity contribution in [3.63, 3.8) is 0 Å². The number of nitriles is 1. The van der Waals surface area contributed by atoms with Gasteiger partial charge in [0.1, 0.15) is 6.04 Å². The van der Waals surface area contributed by atoms with Gasteiger partial charge in [0.15, 0.2) is 0 Å². The van der Waals surface area contributed by atoms with Gasteiger partial charge >= 0.3 is 6.09 Å². The topological polar surface area (TPSA) is 91.7 Å². The zero-order valence-electron chi connectivity index (χ0n) is 14.9. The van der Waals surface area contributed by atoms with E-state index in [0.29, 0.717) is 51.5 Å². The van der Waals surface area contributed by atoms with E-state index >= 15 is 0 Å². The van der Waals surface area contributed by atoms with Crippen LogP contribution in [-0.2, 0) is 14.3 Å². The Morgan fingerprint density at radius 3 is 2.64 bits per heavy atom. The summed E-state index contributed by atoms with van der Waals surface area (Å²) in [4.78, 5) is 26.6. The number of alkyl carbamates (subject to hydrolysis) is 1. The highest BCUT2D eigenvalue weighted by Crippen LogP contribution is 2.27. The molecule has 1 heterocycles. The van der Waals surface area contributed by atoms with E-state index in [2.05, 4.69) is 5.32 Å². The van der Waals surface area contributed by atoms with Crippen LogP contribution in [0.4, 0.5) is 4.79 Å². The minimum absolute atomic E-state index is 0.0390. The lowest BCUT2D eigenvalue weighted by Crippen LogP contribution is -2.52. The molecule has 140 valence electrons. The van der Waals surface area contributed by atoms with Crippen molar-refractivity contribution in [3.05, 3.63) is 0 Å². The molecule has 0 aromatic carbocycles. The van der Waals surface area contributed by atoms with Crippen LogP contribution in [0.25, 0.3) is 0 Å². The lowest BCUT2D eigenvalue weighted by atomic mass is 9.84. The fourth-order valence-electron chi connectivity index (χ4n) is 3.48. The third kappa shape index (κ3) is 6.91. The van der Waals surface area contributed by atoms with Gasteiger partial charge in [-0.05, 0) is 18.8 Å². The van der Waals surface area contributed by atoms with Gasteiger partial charge in [-0.25, -0.2) is 4.79 Å². The number of carbonyl (C=O) groups is 2. The van der Waals surface area contributed by atoms with E-state index in [1.54, 1.807) is 4.90 Å². The van der Waals surface area contributed by atoms with E-state index in [9.17, 15) is 9.59 Å². The third-order valence-corrected chi connectivity index (χ3v) is 4.87. The number of ether oxygens (including phenoxy) is 2. The van der Waals surface area contributed by atoms with E-state index in [1.807, 2.05) is 6.07 Å². The maximum absolute atomic E-state index is 12.8. The molecule has 1 aliphatic carbocycles. The molecular weight excluding hydrogens is 322 g/mol. The number of rotatable bonds is 7. The van der Waals surface area contributed by atoms with E-state index in [-0.39, 0.29) is 12.5 Å². The highest BCUT2D eigenvalue weighted by Gasteiger charge is 2.30. The Balaban J connectivity index is 1.89. The maximum Gasteiger partial charge on any atom is 0.407 e. The molecule has 1 N–H and O–H groups in total. The number of morpholine rings is 1. The molecule has 2 amide bonds. The molecule has 1 aliphatic heterocycles. The van der Waals surface area contributed by atoms with Crippen molar-refractivity contribution in [1.29, 1.82) is 5.26 Å². The number of nitrogens with one attached hydrogen (secondary N) is 1. The predicted octanol–water partition coefficient (Wildman–Crippen LogP) is 2.21. The normalized spacial score (nSPS) is 19.7. The first kappa shape index (κ1) is 19.5. The Kier molecular flexibility index (Phi) is 8.53. The summed E-state index contributed by atoms with van der Waals surface area (Å²) in [5.41, 5.74) is 0. The van der Waals surface area contributed by atoms with Crippen LogP contribution in [0, 0.1) is 17.2 Å². The lowest BCUT2D eigenvalue weighted by Gasteiger charge is -2.32. The van der Waals surface area contributed by atoms with Crippen LogP contribution in [0.2, 0.25) is 0 Å². The number of hydrogen-bond donors (Lipinski definition) is 1. The monoisotopic (exact) mass is 351 g/mol. The average Bonchev–Trinajstić information content (AvgIpc) is 2.66. The molecule has 2 rings (SSSR count). The minimum atomic E-state index is -0.569. The van der Waals surface area contributed by atoms with Crippen molar-refractivity contribution in [2.24, 2.45) is 5.92 Å². The van der Waals surface area contributed by atoms with Crippen LogP contribution in [0.3, 0.4) is 0 Å². The number of unbranched alkanes of at least 4 members (excludes halogenated alkanes) is 1. The van der Waals surface area contributed by atoms with Crippen LogP contribution in [0.1, 0.15) is 51.4 Å². The zero-order chi connectivity index (χ0) is 17.9. The Morgan fingerprint density at radius 2 is 1.96 bits per heavy atom. The third-order valence-electron chi connectivity index (χ3n) is 4.87. The fourth-order valence-corrected chi connectivity index (χ4v) is 3.48. The fraction of sp³-hybridized carbons (Fsp3) is 0.833. The van der Waals surface area contributed by atoms with Crippen LogP contribution in [-0.4, -0.2) is 55.9 Å². The van der Waals surface area contributed by atoms with Crippen molar-refractivity contribution < 1.29 is 19.1 Å². The average molecular weight is 351 g/mol. The molecule has 0 spiro atoms. The standard InChI is InChI=1S/C18H29N3O4/c19-8-4-5-11-25-18(23)20-16(14-15-6-2-1-3-7-15)17(22)21-9-12-24-13-10-21/h15-16H,1-7,9-14H2,(H,20,23). The Hall–Kier alpha value is -1.81. The maximum atomic E-state index is 12.8. The molecular formula is C18H29N3O4. The summed E-state index contributed by atoms with van der Waals surface area (Å²) in [5.74, 6) is 0.436. The van der Waals surface area contributed by atoms with E-state index in [0.717, 1.165) is 12.8 Å². The molecule has 2 aliphatic rings. The van der Waals surface area contributed by atoms with Crippen molar-refractivity contribution in [2.75, 3.05) is 32.9 Å². The summed E-state index contributed by atoms with van der Waals surface area (Å²) in [6.07, 6.45) is 6.85. The number of carbonyl (C=O) groups excluding carboxylic acids is 2. The Morgan fingerprint density at radius 1 is 1.24 bits per heavy atom. The van der Waals surface area contributed by atoms with Crippen molar-refractivity contribution in [1.82, 2.24) is 10.2 Å². The summed E-state index contributed by atoms with van der Waals surface area (Å²) in [5, 5.41) is 11.3. The van der Waals surface area contributed by atoms with Crippen LogP contribution < -0.4 is 5.32 Å². The van der Waals surface area contributed by atoms with E-state index < -0.39 is 12.1 Å². The Labute approximate surface area is 149 Å². The molecule has 7 heteroatoms. The molecule has 1 unspecified atom stereocenters. The first-order chi connectivity index (χ1) is 12.2. The predicted molar refractivity (Wildman–Crippen MR) is 91.7 cm³/mol. The number of nitrogens with zero attached hydrogens (tertiary/aromatic N) is 2. The second-order valence-corrected chi connectivity index (χ2v) is 6.77. The van der Waals surface area contributed by atoms with E-state index in [4.69, 9.17) is 14.7 Å². The molecule has 1 saturated heterocycles. The zero-order valence-corrected chi connectivity index (χ0v) is 14.9. The summed E-state index contributed by atoms with van der Waals surface area (Å²) in [6, 6.07) is 1.48. The van der Waals surface area contributed by atoms with Gasteiger partial charge in [-0.2, -0.15) is 5.26 Å². The summed E-state index contributed by atoms with van der Waals surface area (Å²) < 4.78 is 10.4. The highest BCUT2D eigenvalue weighted by atomic mass is 16.5. The molecule has 0 aromatic heterocycles. The summed E-state index contributed by atoms with van der Waals surface area (Å²) in [7, 11) is 0. The lowest BCUT2D eigenvalue weighted by molar-refractivity contribution is -0.138. The molecule has 2 fully saturated rings. The number of amides is 2. The highest BCUT2D eigenvalue weighted by molar-refractivity contribution is 5.85. The minimum Gasteiger partial charge on any atom is -0.450 e. The van der Waals surface area contributed by atoms with Crippen LogP contribution in [0.5, 0.6) is 0 Å². The van der Waals surface area contributed by atoms with E-state index in [1.165, 1.54) is 19.3 Å². The van der Waals surface area contributed by atoms with Gasteiger partial charge in [-0.15, -0.1) is 0 Å². The molecule has 1 saturated carbocycles. The molecule has 0 bridgehead atoms. The largest absolute Gasteiger partial charge is 0.450 e. The molecule has 25 heavy (non-hydrogen) atoms. The second kappa shape index (κ2) is 10.9. The first-order valence-electron chi connectivity index (χ1n) is 9.37. The van der Waals surface area contributed by atoms with Crippen LogP contribution >= 0.6 is 0 Å². The Bertz CT molecular complexity index is 465. The molecule has 7 nitrogen and oxygen atoms in total. The van der Waals surface area contributed by atoms with Crippen molar-refractivity contribution >= 4 is 12.0 Å². The first-order valence-corrected chi connectivity index (χ1v) is 9.37. The van der Waals surface area contributed by atoms with Crippen molar-refractivity contribution in [3.8, 4) is 6.07 Å². The van der Waals surface area contributed by atoms with Gasteiger partial charge in [0, 0.05) is 19.5 Å². The molecule has 0 radical (unpaired) electrons. The summed E-state index contributed by atoms with van der Waals surface area (Å²) in [6.45, 7) is 2.42. The second-order valence-electron chi connectivity index (χ2n) is 6.77. The van der Waals surface area contributed by atoms with Gasteiger partial charge in [0.05, 0.1) is 25.9 Å². The number of hydrogen-bond acceptors (Lipinski definition) is 5. The van der Waals surface area contributed by atoms with Gasteiger partial charge in [0.2, 0.25) is 5.91 Å². The van der Waals surface area contributed by atoms with Gasteiger partial charge in [-0.1, -0.05) is 32.1 Å². The SMILES string of the molecule is N#CCCCOC(=O)NC(CC1CCCCC1)C(=O)N1CCOCC1. The molecule has 1 atom stereocenters. The molecule has 0 aromatic rings. The smallest absolute Gasteiger partial charge is 0.407 e. The van der Waals surface area contributed by atoms with Gasteiger partial charge in [-0.3, -0.25) is 4.79 Å². The van der Waals surface area contributed by atoms with Gasteiger partial charge < -0.3 is 19.7 Å². The summed E-state index contributed by atoms with van der Waals surface area (Å²) >= 11 is 0.